The maximum absolute atomic E-state index is 3.49. The smallest absolute Gasteiger partial charge is 0.344 e. The van der Waals surface area contributed by atoms with Crippen LogP contribution in [0.15, 0.2) is 0 Å². The largest absolute Gasteiger partial charge is 1.00 e. The molecular weight excluding hydrogens is 94.5 g/mol. The van der Waals surface area contributed by atoms with Crippen molar-refractivity contribution in [3.05, 3.63) is 6.92 Å². The van der Waals surface area contributed by atoms with Crippen LogP contribution in [0.1, 0.15) is 13.3 Å². The molecule has 0 aromatic heterocycles. The van der Waals surface area contributed by atoms with E-state index in [1.54, 1.807) is 0 Å². The Kier molecular flexibility index (Phi) is 60.4. The monoisotopic (exact) mass is 102 g/mol. The molecule has 0 aromatic carbocycles. The molecule has 0 fully saturated rings. The van der Waals surface area contributed by atoms with Crippen LogP contribution < -0.4 is 29.6 Å². The molecule has 0 atom stereocenters. The zero-order valence-electron chi connectivity index (χ0n) is 3.82. The fraction of sp³-hybridized carbons (Fsp3) is 0.667. The number of rotatable bonds is 0. The number of hydrogen-bond donors (Lipinski definition) is 0. The van der Waals surface area contributed by atoms with Gasteiger partial charge in [0.15, 0.2) is 0 Å². The minimum absolute atomic E-state index is 0. The van der Waals surface area contributed by atoms with Gasteiger partial charge in [-0.25, -0.2) is 0 Å². The van der Waals surface area contributed by atoms with E-state index in [1.807, 2.05) is 6.92 Å². The summed E-state index contributed by atoms with van der Waals surface area (Å²) >= 11 is 0. The minimum Gasteiger partial charge on any atom is -0.344 e. The molecule has 0 saturated heterocycles. The van der Waals surface area contributed by atoms with Crippen LogP contribution in [0.5, 0.6) is 0 Å². The third-order valence-corrected chi connectivity index (χ3v) is 0. The first-order valence-electron chi connectivity index (χ1n) is 1.21. The van der Waals surface area contributed by atoms with E-state index in [0.717, 1.165) is 6.42 Å². The van der Waals surface area contributed by atoms with Crippen molar-refractivity contribution in [3.63, 3.8) is 0 Å². The van der Waals surface area contributed by atoms with Crippen LogP contribution in [0, 0.1) is 6.92 Å². The van der Waals surface area contributed by atoms with Crippen LogP contribution in [0.2, 0.25) is 0 Å². The van der Waals surface area contributed by atoms with Crippen LogP contribution in [0.3, 0.4) is 0 Å². The fourth-order valence-corrected chi connectivity index (χ4v) is 0. The maximum atomic E-state index is 3.49. The molecule has 0 aromatic rings. The van der Waals surface area contributed by atoms with Crippen LogP contribution in [-0.2, 0) is 0 Å². The molecule has 0 aliphatic carbocycles. The molecule has 0 amide bonds. The maximum Gasteiger partial charge on any atom is 1.00 e. The molecule has 0 unspecified atom stereocenters. The predicted octanol–water partition coefficient (Wildman–Crippen LogP) is -1.34. The summed E-state index contributed by atoms with van der Waals surface area (Å²) in [4.78, 5) is 0. The van der Waals surface area contributed by atoms with Crippen molar-refractivity contribution < 1.29 is 29.6 Å². The summed E-state index contributed by atoms with van der Waals surface area (Å²) in [6, 6.07) is 0. The van der Waals surface area contributed by atoms with E-state index in [9.17, 15) is 0 Å². The summed E-state index contributed by atoms with van der Waals surface area (Å²) in [7, 11) is 0. The minimum atomic E-state index is 0. The van der Waals surface area contributed by atoms with E-state index in [2.05, 4.69) is 6.92 Å². The Hall–Kier alpha value is 1.29. The number of hydrogen-bond acceptors (Lipinski definition) is 0. The van der Waals surface area contributed by atoms with Crippen molar-refractivity contribution in [2.45, 2.75) is 13.3 Å². The van der Waals surface area contributed by atoms with Gasteiger partial charge >= 0.3 is 29.6 Å². The standard InChI is InChI=1S/C3H7.ClH.Na/c1-3-2;;/h1,3H2,2H3;1H;/q-1;;+1. The van der Waals surface area contributed by atoms with Gasteiger partial charge in [0.1, 0.15) is 0 Å². The second kappa shape index (κ2) is 18.6. The normalized spacial score (nSPS) is 3.60. The first-order chi connectivity index (χ1) is 1.41. The van der Waals surface area contributed by atoms with Crippen molar-refractivity contribution >= 4 is 12.4 Å². The van der Waals surface area contributed by atoms with Crippen molar-refractivity contribution in [1.29, 1.82) is 0 Å². The van der Waals surface area contributed by atoms with Crippen LogP contribution >= 0.6 is 12.4 Å². The van der Waals surface area contributed by atoms with Crippen LogP contribution in [-0.4, -0.2) is 0 Å². The van der Waals surface area contributed by atoms with Gasteiger partial charge in [-0.05, 0) is 0 Å². The van der Waals surface area contributed by atoms with Gasteiger partial charge in [0, 0.05) is 0 Å². The third kappa shape index (κ3) is 34.4. The first kappa shape index (κ1) is 16.3. The molecule has 0 bridgehead atoms. The van der Waals surface area contributed by atoms with E-state index in [1.165, 1.54) is 0 Å². The van der Waals surface area contributed by atoms with Crippen molar-refractivity contribution in [1.82, 2.24) is 0 Å². The van der Waals surface area contributed by atoms with Crippen LogP contribution in [0.4, 0.5) is 0 Å². The molecule has 28 valence electrons. The SMILES string of the molecule is Cl.[CH2-]CC.[Na+]. The molecule has 0 saturated carbocycles. The molecule has 0 heterocycles. The Morgan fingerprint density at radius 3 is 1.60 bits per heavy atom. The quantitative estimate of drug-likeness (QED) is 0.262. The van der Waals surface area contributed by atoms with Crippen molar-refractivity contribution in [2.75, 3.05) is 0 Å². The summed E-state index contributed by atoms with van der Waals surface area (Å²) in [5.74, 6) is 0. The summed E-state index contributed by atoms with van der Waals surface area (Å²) in [6.07, 6.45) is 1.00. The van der Waals surface area contributed by atoms with Gasteiger partial charge in [0.25, 0.3) is 0 Å². The van der Waals surface area contributed by atoms with E-state index >= 15 is 0 Å². The number of halogens is 1. The summed E-state index contributed by atoms with van der Waals surface area (Å²) in [5, 5.41) is 0. The van der Waals surface area contributed by atoms with E-state index in [0.29, 0.717) is 0 Å². The van der Waals surface area contributed by atoms with Gasteiger partial charge in [-0.3, -0.25) is 0 Å². The third-order valence-electron chi connectivity index (χ3n) is 0. The van der Waals surface area contributed by atoms with Gasteiger partial charge in [0.2, 0.25) is 0 Å². The zero-order valence-corrected chi connectivity index (χ0v) is 6.64. The predicted molar refractivity (Wildman–Crippen MR) is 22.9 cm³/mol. The van der Waals surface area contributed by atoms with Crippen LogP contribution in [0.25, 0.3) is 0 Å². The Labute approximate surface area is 62.0 Å². The molecule has 0 radical (unpaired) electrons. The Balaban J connectivity index is -0.0000000200. The molecular formula is C3H8ClNa. The molecule has 0 N–H and O–H groups in total. The first-order valence-corrected chi connectivity index (χ1v) is 1.21. The molecule has 5 heavy (non-hydrogen) atoms. The van der Waals surface area contributed by atoms with E-state index in [4.69, 9.17) is 0 Å². The van der Waals surface area contributed by atoms with E-state index < -0.39 is 0 Å². The molecule has 2 heteroatoms. The molecule has 0 aliphatic rings. The second-order valence-electron chi connectivity index (χ2n) is 0.500. The zero-order chi connectivity index (χ0) is 2.71. The summed E-state index contributed by atoms with van der Waals surface area (Å²) in [5.41, 5.74) is 0. The average molecular weight is 103 g/mol. The Morgan fingerprint density at radius 2 is 1.60 bits per heavy atom. The van der Waals surface area contributed by atoms with Gasteiger partial charge in [-0.2, -0.15) is 6.42 Å². The van der Waals surface area contributed by atoms with Gasteiger partial charge < -0.3 is 6.92 Å². The van der Waals surface area contributed by atoms with Gasteiger partial charge in [0.05, 0.1) is 0 Å². The Morgan fingerprint density at radius 1 is 1.60 bits per heavy atom. The van der Waals surface area contributed by atoms with E-state index in [-0.39, 0.29) is 42.0 Å². The van der Waals surface area contributed by atoms with Crippen molar-refractivity contribution in [3.8, 4) is 0 Å². The summed E-state index contributed by atoms with van der Waals surface area (Å²) in [6.45, 7) is 5.50. The average Bonchev–Trinajstić information content (AvgIpc) is 0.918. The topological polar surface area (TPSA) is 0 Å². The second-order valence-corrected chi connectivity index (χ2v) is 0.500. The van der Waals surface area contributed by atoms with Gasteiger partial charge in [-0.15, -0.1) is 12.4 Å². The Bertz CT molecular complexity index is 6.85. The molecule has 0 nitrogen and oxygen atoms in total. The summed E-state index contributed by atoms with van der Waals surface area (Å²) < 4.78 is 0. The van der Waals surface area contributed by atoms with Crippen molar-refractivity contribution in [2.24, 2.45) is 0 Å². The molecule has 0 aliphatic heterocycles. The molecule has 0 rings (SSSR count). The molecule has 0 spiro atoms. The fourth-order valence-electron chi connectivity index (χ4n) is 0. The van der Waals surface area contributed by atoms with Gasteiger partial charge in [-0.1, -0.05) is 6.92 Å².